The normalized spacial score (nSPS) is 22.0. The van der Waals surface area contributed by atoms with Crippen molar-refractivity contribution in [3.05, 3.63) is 28.3 Å². The quantitative estimate of drug-likeness (QED) is 0.906. The lowest BCUT2D eigenvalue weighted by Crippen LogP contribution is -2.29. The molecular weight excluding hydrogens is 274 g/mol. The number of nitrogens with zero attached hydrogens (tertiary/aromatic N) is 1. The second-order valence-electron chi connectivity index (χ2n) is 5.78. The van der Waals surface area contributed by atoms with Crippen LogP contribution < -0.4 is 4.74 Å². The molecule has 2 aliphatic heterocycles. The molecule has 3 nitrogen and oxygen atoms in total. The van der Waals surface area contributed by atoms with Crippen LogP contribution in [-0.4, -0.2) is 35.8 Å². The molecule has 2 aliphatic rings. The average molecular weight is 296 g/mol. The average Bonchev–Trinajstić information content (AvgIpc) is 3.05. The SMILES string of the molecule is OCCCC1CCCN1Cc1cc(Cl)cc2c1OCC2. The summed E-state index contributed by atoms with van der Waals surface area (Å²) in [6, 6.07) is 4.67. The first-order valence-electron chi connectivity index (χ1n) is 7.57. The number of aliphatic hydroxyl groups excluding tert-OH is 1. The Morgan fingerprint density at radius 3 is 3.15 bits per heavy atom. The molecule has 0 bridgehead atoms. The highest BCUT2D eigenvalue weighted by molar-refractivity contribution is 6.30. The molecule has 0 spiro atoms. The molecule has 1 aromatic rings. The van der Waals surface area contributed by atoms with Gasteiger partial charge in [-0.3, -0.25) is 4.90 Å². The molecule has 1 aromatic carbocycles. The monoisotopic (exact) mass is 295 g/mol. The highest BCUT2D eigenvalue weighted by atomic mass is 35.5. The summed E-state index contributed by atoms with van der Waals surface area (Å²) in [4.78, 5) is 2.52. The number of aliphatic hydroxyl groups is 1. The van der Waals surface area contributed by atoms with Crippen LogP contribution in [0.4, 0.5) is 0 Å². The number of hydrogen-bond donors (Lipinski definition) is 1. The van der Waals surface area contributed by atoms with Crippen LogP contribution in [-0.2, 0) is 13.0 Å². The van der Waals surface area contributed by atoms with Gasteiger partial charge >= 0.3 is 0 Å². The van der Waals surface area contributed by atoms with Crippen molar-refractivity contribution in [3.8, 4) is 5.75 Å². The van der Waals surface area contributed by atoms with Gasteiger partial charge in [-0.05, 0) is 49.9 Å². The van der Waals surface area contributed by atoms with Gasteiger partial charge in [0.25, 0.3) is 0 Å². The first kappa shape index (κ1) is 14.2. The lowest BCUT2D eigenvalue weighted by atomic mass is 10.1. The van der Waals surface area contributed by atoms with E-state index in [1.54, 1.807) is 0 Å². The smallest absolute Gasteiger partial charge is 0.127 e. The standard InChI is InChI=1S/C16H22ClNO2/c17-14-9-12-5-8-20-16(12)13(10-14)11-18-6-1-3-15(18)4-2-7-19/h9-10,15,19H,1-8,11H2. The van der Waals surface area contributed by atoms with Crippen molar-refractivity contribution in [1.29, 1.82) is 0 Å². The van der Waals surface area contributed by atoms with Crippen LogP contribution in [0.1, 0.15) is 36.8 Å². The largest absolute Gasteiger partial charge is 0.493 e. The highest BCUT2D eigenvalue weighted by Crippen LogP contribution is 2.35. The van der Waals surface area contributed by atoms with E-state index in [0.717, 1.165) is 49.7 Å². The Labute approximate surface area is 125 Å². The van der Waals surface area contributed by atoms with Gasteiger partial charge < -0.3 is 9.84 Å². The third-order valence-corrected chi connectivity index (χ3v) is 4.61. The number of hydrogen-bond acceptors (Lipinski definition) is 3. The van der Waals surface area contributed by atoms with E-state index in [4.69, 9.17) is 21.4 Å². The molecule has 1 atom stereocenters. The molecule has 110 valence electrons. The number of halogens is 1. The molecule has 4 heteroatoms. The summed E-state index contributed by atoms with van der Waals surface area (Å²) in [5, 5.41) is 9.82. The minimum atomic E-state index is 0.292. The van der Waals surface area contributed by atoms with Gasteiger partial charge in [0, 0.05) is 36.2 Å². The molecule has 1 saturated heterocycles. The van der Waals surface area contributed by atoms with E-state index < -0.39 is 0 Å². The maximum absolute atomic E-state index is 9.01. The Balaban J connectivity index is 1.74. The maximum atomic E-state index is 9.01. The van der Waals surface area contributed by atoms with E-state index in [1.807, 2.05) is 12.1 Å². The Kier molecular flexibility index (Phi) is 4.49. The fraction of sp³-hybridized carbons (Fsp3) is 0.625. The van der Waals surface area contributed by atoms with Gasteiger partial charge in [0.1, 0.15) is 5.75 Å². The first-order valence-corrected chi connectivity index (χ1v) is 7.94. The van der Waals surface area contributed by atoms with Crippen molar-refractivity contribution in [3.63, 3.8) is 0 Å². The van der Waals surface area contributed by atoms with Crippen LogP contribution >= 0.6 is 11.6 Å². The van der Waals surface area contributed by atoms with Gasteiger partial charge in [0.05, 0.1) is 6.61 Å². The summed E-state index contributed by atoms with van der Waals surface area (Å²) in [6.07, 6.45) is 5.44. The van der Waals surface area contributed by atoms with Crippen LogP contribution in [0.15, 0.2) is 12.1 Å². The molecule has 0 saturated carbocycles. The summed E-state index contributed by atoms with van der Waals surface area (Å²) >= 11 is 6.23. The summed E-state index contributed by atoms with van der Waals surface area (Å²) < 4.78 is 5.79. The lowest BCUT2D eigenvalue weighted by Gasteiger charge is -2.25. The lowest BCUT2D eigenvalue weighted by molar-refractivity contribution is 0.208. The third-order valence-electron chi connectivity index (χ3n) is 4.39. The summed E-state index contributed by atoms with van der Waals surface area (Å²) in [6.45, 7) is 3.12. The van der Waals surface area contributed by atoms with E-state index in [9.17, 15) is 0 Å². The molecule has 1 unspecified atom stereocenters. The zero-order valence-corrected chi connectivity index (χ0v) is 12.5. The zero-order valence-electron chi connectivity index (χ0n) is 11.8. The van der Waals surface area contributed by atoms with Crippen LogP contribution in [0, 0.1) is 0 Å². The fourth-order valence-electron chi connectivity index (χ4n) is 3.44. The number of rotatable bonds is 5. The van der Waals surface area contributed by atoms with Crippen molar-refractivity contribution in [2.24, 2.45) is 0 Å². The molecule has 2 heterocycles. The van der Waals surface area contributed by atoms with E-state index in [1.165, 1.54) is 24.0 Å². The second-order valence-corrected chi connectivity index (χ2v) is 6.22. The van der Waals surface area contributed by atoms with E-state index >= 15 is 0 Å². The van der Waals surface area contributed by atoms with Crippen LogP contribution in [0.3, 0.4) is 0 Å². The van der Waals surface area contributed by atoms with Gasteiger partial charge in [-0.25, -0.2) is 0 Å². The van der Waals surface area contributed by atoms with E-state index in [0.29, 0.717) is 12.6 Å². The Bertz CT molecular complexity index is 478. The summed E-state index contributed by atoms with van der Waals surface area (Å²) in [7, 11) is 0. The van der Waals surface area contributed by atoms with Gasteiger partial charge in [-0.1, -0.05) is 11.6 Å². The third kappa shape index (κ3) is 2.95. The Hall–Kier alpha value is -0.770. The second kappa shape index (κ2) is 6.33. The van der Waals surface area contributed by atoms with Crippen molar-refractivity contribution < 1.29 is 9.84 Å². The molecule has 1 fully saturated rings. The minimum Gasteiger partial charge on any atom is -0.493 e. The van der Waals surface area contributed by atoms with Crippen molar-refractivity contribution in [2.45, 2.75) is 44.7 Å². The number of likely N-dealkylation sites (tertiary alicyclic amines) is 1. The fourth-order valence-corrected chi connectivity index (χ4v) is 3.70. The predicted molar refractivity (Wildman–Crippen MR) is 80.4 cm³/mol. The number of fused-ring (bicyclic) bond motifs is 1. The van der Waals surface area contributed by atoms with E-state index in [-0.39, 0.29) is 0 Å². The van der Waals surface area contributed by atoms with Gasteiger partial charge in [0.2, 0.25) is 0 Å². The zero-order chi connectivity index (χ0) is 13.9. The molecule has 3 rings (SSSR count). The number of benzene rings is 1. The van der Waals surface area contributed by atoms with Crippen molar-refractivity contribution >= 4 is 11.6 Å². The van der Waals surface area contributed by atoms with Gasteiger partial charge in [0.15, 0.2) is 0 Å². The molecule has 0 radical (unpaired) electrons. The minimum absolute atomic E-state index is 0.292. The first-order chi connectivity index (χ1) is 9.78. The van der Waals surface area contributed by atoms with Gasteiger partial charge in [-0.2, -0.15) is 0 Å². The molecule has 0 amide bonds. The predicted octanol–water partition coefficient (Wildman–Crippen LogP) is 3.01. The Morgan fingerprint density at radius 2 is 2.30 bits per heavy atom. The molecule has 0 aliphatic carbocycles. The maximum Gasteiger partial charge on any atom is 0.127 e. The topological polar surface area (TPSA) is 32.7 Å². The van der Waals surface area contributed by atoms with Crippen molar-refractivity contribution in [1.82, 2.24) is 4.90 Å². The summed E-state index contributed by atoms with van der Waals surface area (Å²) in [5.74, 6) is 1.06. The van der Waals surface area contributed by atoms with Crippen molar-refractivity contribution in [2.75, 3.05) is 19.8 Å². The molecular formula is C16H22ClNO2. The summed E-state index contributed by atoms with van der Waals surface area (Å²) in [5.41, 5.74) is 2.47. The molecule has 20 heavy (non-hydrogen) atoms. The van der Waals surface area contributed by atoms with Gasteiger partial charge in [-0.15, -0.1) is 0 Å². The van der Waals surface area contributed by atoms with Crippen LogP contribution in [0.25, 0.3) is 0 Å². The Morgan fingerprint density at radius 1 is 1.40 bits per heavy atom. The number of ether oxygens (including phenoxy) is 1. The van der Waals surface area contributed by atoms with E-state index in [2.05, 4.69) is 4.90 Å². The van der Waals surface area contributed by atoms with Crippen LogP contribution in [0.2, 0.25) is 5.02 Å². The molecule has 0 aromatic heterocycles. The molecule has 1 N–H and O–H groups in total. The van der Waals surface area contributed by atoms with Crippen LogP contribution in [0.5, 0.6) is 5.75 Å². The highest BCUT2D eigenvalue weighted by Gasteiger charge is 2.26.